The fraction of sp³-hybridized carbons (Fsp3) is 0.625. The van der Waals surface area contributed by atoms with E-state index < -0.39 is 24.4 Å². The zero-order chi connectivity index (χ0) is 22.1. The molecule has 4 rings (SSSR count). The molecule has 2 N–H and O–H groups in total. The second-order valence-corrected chi connectivity index (χ2v) is 9.08. The van der Waals surface area contributed by atoms with Crippen LogP contribution in [0.3, 0.4) is 0 Å². The van der Waals surface area contributed by atoms with Gasteiger partial charge in [0, 0.05) is 5.92 Å². The third-order valence-corrected chi connectivity index (χ3v) is 7.04. The van der Waals surface area contributed by atoms with Gasteiger partial charge in [0.1, 0.15) is 18.3 Å². The maximum absolute atomic E-state index is 13.3. The molecular weight excluding hydrogens is 394 g/mol. The number of nitrogens with zero attached hydrogens (tertiary/aromatic N) is 1. The minimum absolute atomic E-state index is 0.0304. The molecule has 31 heavy (non-hydrogen) atoms. The molecule has 0 radical (unpaired) electrons. The van der Waals surface area contributed by atoms with Crippen molar-refractivity contribution in [3.8, 4) is 0 Å². The van der Waals surface area contributed by atoms with E-state index in [-0.39, 0.29) is 29.7 Å². The van der Waals surface area contributed by atoms with Crippen LogP contribution in [0.2, 0.25) is 0 Å². The quantitative estimate of drug-likeness (QED) is 0.756. The molecule has 2 fully saturated rings. The smallest absolute Gasteiger partial charge is 0.250 e. The first-order valence-electron chi connectivity index (χ1n) is 11.6. The van der Waals surface area contributed by atoms with E-state index in [1.807, 2.05) is 32.9 Å². The number of nitrogens with one attached hydrogen (secondary N) is 2. The molecule has 2 saturated heterocycles. The lowest BCUT2D eigenvalue weighted by atomic mass is 9.87. The summed E-state index contributed by atoms with van der Waals surface area (Å²) in [5.41, 5.74) is 2.45. The first-order chi connectivity index (χ1) is 14.9. The average molecular weight is 428 g/mol. The van der Waals surface area contributed by atoms with E-state index in [0.29, 0.717) is 19.3 Å². The summed E-state index contributed by atoms with van der Waals surface area (Å²) in [6.45, 7) is 5.58. The highest BCUT2D eigenvalue weighted by molar-refractivity contribution is 5.94. The first kappa shape index (κ1) is 21.8. The van der Waals surface area contributed by atoms with E-state index >= 15 is 0 Å². The molecule has 1 aliphatic carbocycles. The van der Waals surface area contributed by atoms with Gasteiger partial charge in [-0.3, -0.25) is 14.4 Å². The maximum Gasteiger partial charge on any atom is 0.250 e. The molecule has 2 heterocycles. The molecule has 1 aromatic carbocycles. The van der Waals surface area contributed by atoms with Gasteiger partial charge in [0.15, 0.2) is 0 Å². The Morgan fingerprint density at radius 1 is 1.19 bits per heavy atom. The minimum atomic E-state index is -0.762. The Labute approximate surface area is 183 Å². The van der Waals surface area contributed by atoms with E-state index in [0.717, 1.165) is 19.3 Å². The van der Waals surface area contributed by atoms with Crippen molar-refractivity contribution < 1.29 is 19.1 Å². The molecule has 0 bridgehead atoms. The fourth-order valence-corrected chi connectivity index (χ4v) is 4.99. The standard InChI is InChI=1S/C24H33N3O4/c1-4-14(2)22(28)26-21-15(3)31-20-13-12-19(27(20)24(21)30)23(29)25-18-11-7-9-16-8-5-6-10-17(16)18/h5-6,8,10,14-15,18-21H,4,7,9,11-13H2,1-3H3,(H,25,29)(H,26,28)/t14-,15-,18?,19?,20+,21+/m1/s1. The second-order valence-electron chi connectivity index (χ2n) is 9.08. The number of hydrogen-bond acceptors (Lipinski definition) is 4. The zero-order valence-corrected chi connectivity index (χ0v) is 18.6. The van der Waals surface area contributed by atoms with Gasteiger partial charge >= 0.3 is 0 Å². The number of ether oxygens (including phenoxy) is 1. The number of fused-ring (bicyclic) bond motifs is 2. The third kappa shape index (κ3) is 4.20. The van der Waals surface area contributed by atoms with Crippen LogP contribution in [-0.4, -0.2) is 47.0 Å². The molecule has 1 aromatic rings. The van der Waals surface area contributed by atoms with Gasteiger partial charge in [-0.05, 0) is 56.6 Å². The Morgan fingerprint density at radius 2 is 1.97 bits per heavy atom. The predicted octanol–water partition coefficient (Wildman–Crippen LogP) is 2.45. The molecule has 0 aromatic heterocycles. The van der Waals surface area contributed by atoms with E-state index in [1.165, 1.54) is 11.1 Å². The molecule has 7 heteroatoms. The van der Waals surface area contributed by atoms with Crippen molar-refractivity contribution in [1.29, 1.82) is 0 Å². The summed E-state index contributed by atoms with van der Waals surface area (Å²) in [6, 6.07) is 6.87. The van der Waals surface area contributed by atoms with Gasteiger partial charge in [0.25, 0.3) is 5.91 Å². The maximum atomic E-state index is 13.3. The third-order valence-electron chi connectivity index (χ3n) is 7.04. The number of hydrogen-bond donors (Lipinski definition) is 2. The lowest BCUT2D eigenvalue weighted by Crippen LogP contribution is -2.64. The van der Waals surface area contributed by atoms with E-state index in [1.54, 1.807) is 4.90 Å². The summed E-state index contributed by atoms with van der Waals surface area (Å²) in [7, 11) is 0. The Bertz CT molecular complexity index is 857. The predicted molar refractivity (Wildman–Crippen MR) is 116 cm³/mol. The Hall–Kier alpha value is -2.41. The van der Waals surface area contributed by atoms with E-state index in [9.17, 15) is 14.4 Å². The van der Waals surface area contributed by atoms with Crippen LogP contribution in [0.1, 0.15) is 70.0 Å². The molecule has 168 valence electrons. The summed E-state index contributed by atoms with van der Waals surface area (Å²) >= 11 is 0. The molecule has 0 saturated carbocycles. The molecule has 2 aliphatic heterocycles. The van der Waals surface area contributed by atoms with Crippen molar-refractivity contribution in [1.82, 2.24) is 15.5 Å². The van der Waals surface area contributed by atoms with Crippen LogP contribution in [0.15, 0.2) is 24.3 Å². The SMILES string of the molecule is CC[C@@H](C)C(=O)N[C@@H]1C(=O)N2C(C(=O)NC3CCCc4ccccc43)CC[C@@H]2O[C@@H]1C. The lowest BCUT2D eigenvalue weighted by molar-refractivity contribution is -0.179. The largest absolute Gasteiger partial charge is 0.353 e. The van der Waals surface area contributed by atoms with Crippen molar-refractivity contribution in [3.63, 3.8) is 0 Å². The van der Waals surface area contributed by atoms with Gasteiger partial charge in [-0.1, -0.05) is 38.1 Å². The number of aryl methyl sites for hydroxylation is 1. The number of amides is 3. The van der Waals surface area contributed by atoms with Crippen LogP contribution in [0, 0.1) is 5.92 Å². The molecule has 7 nitrogen and oxygen atoms in total. The first-order valence-corrected chi connectivity index (χ1v) is 11.6. The number of carbonyl (C=O) groups is 3. The van der Waals surface area contributed by atoms with Crippen LogP contribution in [0.25, 0.3) is 0 Å². The molecule has 0 spiro atoms. The van der Waals surface area contributed by atoms with E-state index in [4.69, 9.17) is 4.74 Å². The van der Waals surface area contributed by atoms with Gasteiger partial charge in [0.05, 0.1) is 12.1 Å². The fourth-order valence-electron chi connectivity index (χ4n) is 4.99. The van der Waals surface area contributed by atoms with Crippen LogP contribution in [-0.2, 0) is 25.5 Å². The highest BCUT2D eigenvalue weighted by Gasteiger charge is 2.50. The van der Waals surface area contributed by atoms with Gasteiger partial charge < -0.3 is 20.3 Å². The van der Waals surface area contributed by atoms with Gasteiger partial charge in [-0.15, -0.1) is 0 Å². The molecule has 6 atom stereocenters. The second kappa shape index (κ2) is 8.99. The summed E-state index contributed by atoms with van der Waals surface area (Å²) < 4.78 is 6.04. The molecule has 2 unspecified atom stereocenters. The number of rotatable bonds is 5. The van der Waals surface area contributed by atoms with Gasteiger partial charge in [-0.25, -0.2) is 0 Å². The summed E-state index contributed by atoms with van der Waals surface area (Å²) in [5, 5.41) is 6.04. The van der Waals surface area contributed by atoms with Crippen molar-refractivity contribution in [2.75, 3.05) is 0 Å². The molecule has 3 aliphatic rings. The lowest BCUT2D eigenvalue weighted by Gasteiger charge is -2.41. The molecule has 3 amide bonds. The van der Waals surface area contributed by atoms with Gasteiger partial charge in [-0.2, -0.15) is 0 Å². The normalized spacial score (nSPS) is 30.9. The van der Waals surface area contributed by atoms with Crippen LogP contribution >= 0.6 is 0 Å². The van der Waals surface area contributed by atoms with Crippen molar-refractivity contribution in [3.05, 3.63) is 35.4 Å². The van der Waals surface area contributed by atoms with Crippen molar-refractivity contribution >= 4 is 17.7 Å². The summed E-state index contributed by atoms with van der Waals surface area (Å²) in [6.07, 6.45) is 4.01. The average Bonchev–Trinajstić information content (AvgIpc) is 3.20. The van der Waals surface area contributed by atoms with Crippen LogP contribution < -0.4 is 10.6 Å². The van der Waals surface area contributed by atoms with Crippen molar-refractivity contribution in [2.24, 2.45) is 5.92 Å². The Morgan fingerprint density at radius 3 is 2.74 bits per heavy atom. The Balaban J connectivity index is 1.47. The minimum Gasteiger partial charge on any atom is -0.353 e. The number of benzene rings is 1. The van der Waals surface area contributed by atoms with Crippen LogP contribution in [0.5, 0.6) is 0 Å². The highest BCUT2D eigenvalue weighted by atomic mass is 16.5. The summed E-state index contributed by atoms with van der Waals surface area (Å²) in [5.74, 6) is -0.694. The Kier molecular flexibility index (Phi) is 6.32. The van der Waals surface area contributed by atoms with E-state index in [2.05, 4.69) is 22.8 Å². The number of carbonyl (C=O) groups excluding carboxylic acids is 3. The van der Waals surface area contributed by atoms with Crippen LogP contribution in [0.4, 0.5) is 0 Å². The summed E-state index contributed by atoms with van der Waals surface area (Å²) in [4.78, 5) is 40.5. The highest BCUT2D eigenvalue weighted by Crippen LogP contribution is 2.34. The monoisotopic (exact) mass is 427 g/mol. The topological polar surface area (TPSA) is 87.7 Å². The van der Waals surface area contributed by atoms with Crippen molar-refractivity contribution in [2.45, 2.75) is 89.8 Å². The zero-order valence-electron chi connectivity index (χ0n) is 18.6. The molecular formula is C24H33N3O4. The van der Waals surface area contributed by atoms with Gasteiger partial charge in [0.2, 0.25) is 11.8 Å².